The van der Waals surface area contributed by atoms with Gasteiger partial charge in [-0.1, -0.05) is 11.6 Å². The molecule has 1 unspecified atom stereocenters. The Morgan fingerprint density at radius 3 is 2.78 bits per heavy atom. The summed E-state index contributed by atoms with van der Waals surface area (Å²) in [7, 11) is 2.05. The van der Waals surface area contributed by atoms with Crippen LogP contribution >= 0.6 is 11.6 Å². The molecule has 18 heavy (non-hydrogen) atoms. The first kappa shape index (κ1) is 13.5. The first-order valence-electron chi connectivity index (χ1n) is 6.23. The molecule has 0 radical (unpaired) electrons. The summed E-state index contributed by atoms with van der Waals surface area (Å²) in [5, 5.41) is 0.659. The number of ketones is 1. The number of carbonyl (C=O) groups excluding carboxylic acids is 1. The first-order valence-corrected chi connectivity index (χ1v) is 6.61. The highest BCUT2D eigenvalue weighted by Crippen LogP contribution is 2.13. The molecule has 4 heteroatoms. The van der Waals surface area contributed by atoms with Crippen LogP contribution in [0.25, 0.3) is 0 Å². The van der Waals surface area contributed by atoms with Gasteiger partial charge in [-0.2, -0.15) is 0 Å². The van der Waals surface area contributed by atoms with Crippen molar-refractivity contribution in [3.63, 3.8) is 0 Å². The molecule has 1 heterocycles. The third-order valence-electron chi connectivity index (χ3n) is 3.39. The molecule has 1 fully saturated rings. The van der Waals surface area contributed by atoms with Crippen LogP contribution in [0.15, 0.2) is 24.3 Å². The van der Waals surface area contributed by atoms with E-state index in [2.05, 4.69) is 11.9 Å². The maximum atomic E-state index is 12.0. The molecule has 1 aromatic rings. The fourth-order valence-corrected chi connectivity index (χ4v) is 2.24. The average molecular weight is 268 g/mol. The third kappa shape index (κ3) is 3.55. The van der Waals surface area contributed by atoms with Gasteiger partial charge in [-0.3, -0.25) is 4.79 Å². The molecular weight excluding hydrogens is 250 g/mol. The summed E-state index contributed by atoms with van der Waals surface area (Å²) in [6.07, 6.45) is 1.60. The lowest BCUT2D eigenvalue weighted by molar-refractivity contribution is 0.0954. The number of ether oxygens (including phenoxy) is 1. The normalized spacial score (nSPS) is 19.4. The topological polar surface area (TPSA) is 29.5 Å². The zero-order valence-electron chi connectivity index (χ0n) is 10.6. The van der Waals surface area contributed by atoms with Crippen LogP contribution < -0.4 is 0 Å². The van der Waals surface area contributed by atoms with Gasteiger partial charge in [0, 0.05) is 36.2 Å². The van der Waals surface area contributed by atoms with E-state index in [1.165, 1.54) is 0 Å². The van der Waals surface area contributed by atoms with Crippen LogP contribution in [0, 0.1) is 0 Å². The predicted octanol–water partition coefficient (Wildman–Crippen LogP) is 2.63. The Labute approximate surface area is 113 Å². The van der Waals surface area contributed by atoms with Crippen molar-refractivity contribution >= 4 is 17.4 Å². The molecule has 0 spiro atoms. The fourth-order valence-electron chi connectivity index (χ4n) is 2.11. The van der Waals surface area contributed by atoms with Crippen LogP contribution in [0.2, 0.25) is 5.02 Å². The molecule has 1 aromatic carbocycles. The van der Waals surface area contributed by atoms with E-state index in [1.54, 1.807) is 24.3 Å². The van der Waals surface area contributed by atoms with Crippen molar-refractivity contribution in [1.82, 2.24) is 4.90 Å². The Kier molecular flexibility index (Phi) is 4.75. The Morgan fingerprint density at radius 2 is 2.17 bits per heavy atom. The van der Waals surface area contributed by atoms with Crippen molar-refractivity contribution in [1.29, 1.82) is 0 Å². The number of hydrogen-bond donors (Lipinski definition) is 0. The molecular formula is C14H18ClNO2. The van der Waals surface area contributed by atoms with Gasteiger partial charge in [0.2, 0.25) is 0 Å². The zero-order valence-corrected chi connectivity index (χ0v) is 11.3. The second-order valence-corrected chi connectivity index (χ2v) is 5.11. The molecule has 0 amide bonds. The molecule has 1 saturated heterocycles. The van der Waals surface area contributed by atoms with E-state index in [0.717, 1.165) is 31.7 Å². The minimum absolute atomic E-state index is 0.164. The highest BCUT2D eigenvalue weighted by Gasteiger charge is 2.20. The van der Waals surface area contributed by atoms with Crippen LogP contribution in [0.1, 0.15) is 23.2 Å². The summed E-state index contributed by atoms with van der Waals surface area (Å²) in [6.45, 7) is 2.39. The number of benzene rings is 1. The van der Waals surface area contributed by atoms with Crippen molar-refractivity contribution in [2.75, 3.05) is 26.8 Å². The average Bonchev–Trinajstić information content (AvgIpc) is 2.90. The van der Waals surface area contributed by atoms with Gasteiger partial charge in [0.25, 0.3) is 0 Å². The molecule has 1 aliphatic heterocycles. The second-order valence-electron chi connectivity index (χ2n) is 4.68. The van der Waals surface area contributed by atoms with Crippen molar-refractivity contribution in [2.45, 2.75) is 18.9 Å². The Bertz CT molecular complexity index is 399. The first-order chi connectivity index (χ1) is 8.66. The van der Waals surface area contributed by atoms with Crippen molar-refractivity contribution in [3.05, 3.63) is 34.9 Å². The van der Waals surface area contributed by atoms with E-state index in [-0.39, 0.29) is 5.78 Å². The van der Waals surface area contributed by atoms with E-state index in [4.69, 9.17) is 16.3 Å². The van der Waals surface area contributed by atoms with E-state index in [9.17, 15) is 4.79 Å². The summed E-state index contributed by atoms with van der Waals surface area (Å²) in [6, 6.07) is 7.53. The molecule has 2 rings (SSSR count). The molecule has 1 aliphatic rings. The zero-order chi connectivity index (χ0) is 13.0. The number of halogens is 1. The van der Waals surface area contributed by atoms with Crippen molar-refractivity contribution in [3.8, 4) is 0 Å². The fraction of sp³-hybridized carbons (Fsp3) is 0.500. The number of likely N-dealkylation sites (N-methyl/N-ethyl adjacent to an activating group) is 1. The van der Waals surface area contributed by atoms with Gasteiger partial charge in [-0.15, -0.1) is 0 Å². The van der Waals surface area contributed by atoms with Gasteiger partial charge in [-0.05, 0) is 37.7 Å². The predicted molar refractivity (Wildman–Crippen MR) is 72.3 cm³/mol. The maximum Gasteiger partial charge on any atom is 0.164 e. The molecule has 0 aliphatic carbocycles. The number of Topliss-reactive ketones (excluding diaryl/α,β-unsaturated/α-hetero) is 1. The number of carbonyl (C=O) groups is 1. The van der Waals surface area contributed by atoms with Crippen LogP contribution in [0.3, 0.4) is 0 Å². The Balaban J connectivity index is 1.82. The molecule has 0 bridgehead atoms. The highest BCUT2D eigenvalue weighted by atomic mass is 35.5. The van der Waals surface area contributed by atoms with Crippen LogP contribution in [0.4, 0.5) is 0 Å². The highest BCUT2D eigenvalue weighted by molar-refractivity contribution is 6.30. The SMILES string of the molecule is CN(CCC(=O)c1ccc(Cl)cc1)C1CCOC1. The van der Waals surface area contributed by atoms with Crippen LogP contribution in [-0.2, 0) is 4.74 Å². The van der Waals surface area contributed by atoms with Gasteiger partial charge in [-0.25, -0.2) is 0 Å². The Morgan fingerprint density at radius 1 is 1.44 bits per heavy atom. The lowest BCUT2D eigenvalue weighted by Crippen LogP contribution is -2.33. The molecule has 3 nitrogen and oxygen atoms in total. The van der Waals surface area contributed by atoms with E-state index >= 15 is 0 Å². The summed E-state index contributed by atoms with van der Waals surface area (Å²) in [4.78, 5) is 14.2. The largest absolute Gasteiger partial charge is 0.380 e. The second kappa shape index (κ2) is 6.32. The summed E-state index contributed by atoms with van der Waals surface area (Å²) < 4.78 is 5.34. The maximum absolute atomic E-state index is 12.0. The standard InChI is InChI=1S/C14H18ClNO2/c1-16(13-7-9-18-10-13)8-6-14(17)11-2-4-12(15)5-3-11/h2-5,13H,6-10H2,1H3. The van der Waals surface area contributed by atoms with E-state index < -0.39 is 0 Å². The molecule has 0 saturated carbocycles. The number of rotatable bonds is 5. The molecule has 98 valence electrons. The number of nitrogens with zero attached hydrogens (tertiary/aromatic N) is 1. The lowest BCUT2D eigenvalue weighted by Gasteiger charge is -2.22. The van der Waals surface area contributed by atoms with Crippen LogP contribution in [-0.4, -0.2) is 43.5 Å². The minimum Gasteiger partial charge on any atom is -0.380 e. The number of hydrogen-bond acceptors (Lipinski definition) is 3. The summed E-state index contributed by atoms with van der Waals surface area (Å²) >= 11 is 5.80. The summed E-state index contributed by atoms with van der Waals surface area (Å²) in [5.41, 5.74) is 0.732. The molecule has 0 N–H and O–H groups in total. The van der Waals surface area contributed by atoms with Gasteiger partial charge < -0.3 is 9.64 Å². The minimum atomic E-state index is 0.164. The van der Waals surface area contributed by atoms with E-state index in [1.807, 2.05) is 0 Å². The molecule has 0 aromatic heterocycles. The quantitative estimate of drug-likeness (QED) is 0.768. The Hall–Kier alpha value is -0.900. The smallest absolute Gasteiger partial charge is 0.164 e. The van der Waals surface area contributed by atoms with Gasteiger partial charge in [0.1, 0.15) is 0 Å². The molecule has 1 atom stereocenters. The van der Waals surface area contributed by atoms with E-state index in [0.29, 0.717) is 17.5 Å². The van der Waals surface area contributed by atoms with Crippen LogP contribution in [0.5, 0.6) is 0 Å². The van der Waals surface area contributed by atoms with Gasteiger partial charge in [0.15, 0.2) is 5.78 Å². The third-order valence-corrected chi connectivity index (χ3v) is 3.64. The lowest BCUT2D eigenvalue weighted by atomic mass is 10.1. The van der Waals surface area contributed by atoms with Crippen molar-refractivity contribution < 1.29 is 9.53 Å². The van der Waals surface area contributed by atoms with Crippen molar-refractivity contribution in [2.24, 2.45) is 0 Å². The van der Waals surface area contributed by atoms with Gasteiger partial charge in [0.05, 0.1) is 6.61 Å². The van der Waals surface area contributed by atoms with Gasteiger partial charge >= 0.3 is 0 Å². The monoisotopic (exact) mass is 267 g/mol. The summed E-state index contributed by atoms with van der Waals surface area (Å²) in [5.74, 6) is 0.164.